The van der Waals surface area contributed by atoms with Gasteiger partial charge in [0.2, 0.25) is 11.9 Å². The van der Waals surface area contributed by atoms with Gasteiger partial charge in [0, 0.05) is 42.3 Å². The summed E-state index contributed by atoms with van der Waals surface area (Å²) >= 11 is 0. The van der Waals surface area contributed by atoms with Crippen LogP contribution in [0.3, 0.4) is 0 Å². The third kappa shape index (κ3) is 7.07. The maximum absolute atomic E-state index is 13.8. The molecule has 2 heterocycles. The molecule has 4 N–H and O–H groups in total. The van der Waals surface area contributed by atoms with Crippen LogP contribution in [0.1, 0.15) is 60.4 Å². The van der Waals surface area contributed by atoms with Crippen LogP contribution in [0.5, 0.6) is 0 Å². The van der Waals surface area contributed by atoms with Crippen LogP contribution in [-0.4, -0.2) is 43.6 Å². The molecule has 10 nitrogen and oxygen atoms in total. The number of benzene rings is 1. The smallest absolute Gasteiger partial charge is 0.366 e. The van der Waals surface area contributed by atoms with Gasteiger partial charge in [0.1, 0.15) is 11.4 Å². The van der Waals surface area contributed by atoms with E-state index in [1.54, 1.807) is 28.9 Å². The highest BCUT2D eigenvalue weighted by atomic mass is 19.4. The van der Waals surface area contributed by atoms with E-state index in [-0.39, 0.29) is 36.2 Å². The normalized spacial score (nSPS) is 17.1. The number of nitrogens with zero attached hydrogens (tertiary/aromatic N) is 4. The molecule has 2 aromatic heterocycles. The van der Waals surface area contributed by atoms with Crippen molar-refractivity contribution in [1.29, 1.82) is 0 Å². The zero-order chi connectivity index (χ0) is 29.0. The SMILES string of the molecule is Cc1cc(CNC(=O)c2ccc(Nc3ncc(C(F)(F)F)c(N[C@@H]4CCC[C@@H]4C(=O)NC(C)C)n3)cc2)nn1C. The first-order chi connectivity index (χ1) is 18.9. The minimum absolute atomic E-state index is 0.0561. The van der Waals surface area contributed by atoms with Gasteiger partial charge in [-0.25, -0.2) is 4.98 Å². The van der Waals surface area contributed by atoms with Crippen molar-refractivity contribution in [3.8, 4) is 0 Å². The largest absolute Gasteiger partial charge is 0.421 e. The van der Waals surface area contributed by atoms with Crippen LogP contribution < -0.4 is 21.3 Å². The van der Waals surface area contributed by atoms with Crippen molar-refractivity contribution in [1.82, 2.24) is 30.4 Å². The van der Waals surface area contributed by atoms with E-state index in [0.29, 0.717) is 30.5 Å². The molecule has 13 heteroatoms. The summed E-state index contributed by atoms with van der Waals surface area (Å²) in [7, 11) is 1.82. The predicted octanol–water partition coefficient (Wildman–Crippen LogP) is 4.32. The van der Waals surface area contributed by atoms with E-state index in [9.17, 15) is 22.8 Å². The van der Waals surface area contributed by atoms with Crippen LogP contribution >= 0.6 is 0 Å². The van der Waals surface area contributed by atoms with Crippen LogP contribution in [0.2, 0.25) is 0 Å². The lowest BCUT2D eigenvalue weighted by molar-refractivity contribution is -0.137. The van der Waals surface area contributed by atoms with Crippen LogP contribution in [-0.2, 0) is 24.6 Å². The van der Waals surface area contributed by atoms with E-state index >= 15 is 0 Å². The fourth-order valence-electron chi connectivity index (χ4n) is 4.60. The maximum Gasteiger partial charge on any atom is 0.421 e. The topological polar surface area (TPSA) is 126 Å². The van der Waals surface area contributed by atoms with Gasteiger partial charge in [-0.15, -0.1) is 0 Å². The highest BCUT2D eigenvalue weighted by Gasteiger charge is 2.39. The summed E-state index contributed by atoms with van der Waals surface area (Å²) in [5.41, 5.74) is 1.59. The number of aryl methyl sites for hydroxylation is 2. The third-order valence-electron chi connectivity index (χ3n) is 6.70. The number of alkyl halides is 3. The van der Waals surface area contributed by atoms with Gasteiger partial charge in [-0.3, -0.25) is 14.3 Å². The van der Waals surface area contributed by atoms with Crippen molar-refractivity contribution in [3.63, 3.8) is 0 Å². The molecule has 0 saturated heterocycles. The van der Waals surface area contributed by atoms with Gasteiger partial charge in [-0.05, 0) is 63.9 Å². The van der Waals surface area contributed by atoms with Crippen molar-refractivity contribution < 1.29 is 22.8 Å². The van der Waals surface area contributed by atoms with Crippen LogP contribution in [0.15, 0.2) is 36.5 Å². The molecule has 40 heavy (non-hydrogen) atoms. The van der Waals surface area contributed by atoms with E-state index in [4.69, 9.17) is 0 Å². The van der Waals surface area contributed by atoms with Gasteiger partial charge >= 0.3 is 6.18 Å². The lowest BCUT2D eigenvalue weighted by Gasteiger charge is -2.24. The first-order valence-corrected chi connectivity index (χ1v) is 13.1. The maximum atomic E-state index is 13.8. The minimum Gasteiger partial charge on any atom is -0.366 e. The first kappa shape index (κ1) is 28.8. The molecule has 1 saturated carbocycles. The van der Waals surface area contributed by atoms with Gasteiger partial charge < -0.3 is 21.3 Å². The van der Waals surface area contributed by atoms with Crippen molar-refractivity contribution in [2.24, 2.45) is 13.0 Å². The molecule has 3 aromatic rings. The van der Waals surface area contributed by atoms with E-state index in [1.165, 1.54) is 0 Å². The number of carbonyl (C=O) groups excluding carboxylic acids is 2. The fourth-order valence-corrected chi connectivity index (χ4v) is 4.60. The molecule has 1 aliphatic carbocycles. The van der Waals surface area contributed by atoms with Crippen molar-refractivity contribution in [2.75, 3.05) is 10.6 Å². The number of anilines is 3. The summed E-state index contributed by atoms with van der Waals surface area (Å²) < 4.78 is 43.0. The molecular weight excluding hydrogens is 525 g/mol. The Labute approximate surface area is 230 Å². The Morgan fingerprint density at radius 2 is 1.88 bits per heavy atom. The molecule has 1 fully saturated rings. The predicted molar refractivity (Wildman–Crippen MR) is 144 cm³/mol. The van der Waals surface area contributed by atoms with E-state index in [1.807, 2.05) is 33.9 Å². The molecule has 2 atom stereocenters. The highest BCUT2D eigenvalue weighted by molar-refractivity contribution is 5.94. The first-order valence-electron chi connectivity index (χ1n) is 13.1. The van der Waals surface area contributed by atoms with Gasteiger partial charge in [-0.1, -0.05) is 6.42 Å². The third-order valence-corrected chi connectivity index (χ3v) is 6.70. The summed E-state index contributed by atoms with van der Waals surface area (Å²) in [5.74, 6) is -1.39. The number of carbonyl (C=O) groups is 2. The number of halogens is 3. The number of hydrogen-bond donors (Lipinski definition) is 4. The molecule has 214 valence electrons. The zero-order valence-corrected chi connectivity index (χ0v) is 22.8. The number of nitrogens with one attached hydrogen (secondary N) is 4. The molecule has 0 bridgehead atoms. The lowest BCUT2D eigenvalue weighted by Crippen LogP contribution is -2.41. The van der Waals surface area contributed by atoms with Crippen LogP contribution in [0, 0.1) is 12.8 Å². The lowest BCUT2D eigenvalue weighted by atomic mass is 10.0. The number of aromatic nitrogens is 4. The average Bonchev–Trinajstić information content (AvgIpc) is 3.47. The number of amides is 2. The standard InChI is InChI=1S/C27H33F3N8O2/c1-15(2)33-25(40)20-6-5-7-22(20)35-23-21(27(28,29)30)14-32-26(36-23)34-18-10-8-17(9-11-18)24(39)31-13-19-12-16(3)38(4)37-19/h8-12,14-15,20,22H,5-7,13H2,1-4H3,(H,31,39)(H,33,40)(H2,32,34,35,36)/t20-,22+/m0/s1. The highest BCUT2D eigenvalue weighted by Crippen LogP contribution is 2.36. The number of hydrogen-bond acceptors (Lipinski definition) is 7. The molecule has 1 aromatic carbocycles. The second-order valence-corrected chi connectivity index (χ2v) is 10.2. The average molecular weight is 559 g/mol. The minimum atomic E-state index is -4.68. The quantitative estimate of drug-likeness (QED) is 0.308. The van der Waals surface area contributed by atoms with Gasteiger partial charge in [0.15, 0.2) is 0 Å². The number of rotatable bonds is 9. The summed E-state index contributed by atoms with van der Waals surface area (Å²) in [5, 5.41) is 15.7. The molecule has 0 unspecified atom stereocenters. The van der Waals surface area contributed by atoms with E-state index < -0.39 is 23.7 Å². The molecule has 0 radical (unpaired) electrons. The van der Waals surface area contributed by atoms with E-state index in [2.05, 4.69) is 36.3 Å². The Bertz CT molecular complexity index is 1340. The molecule has 0 spiro atoms. The molecule has 0 aliphatic heterocycles. The Morgan fingerprint density at radius 1 is 1.15 bits per heavy atom. The summed E-state index contributed by atoms with van der Waals surface area (Å²) in [6.07, 6.45) is -2.12. The van der Waals surface area contributed by atoms with Crippen molar-refractivity contribution in [2.45, 2.75) is 64.8 Å². The molecular formula is C27H33F3N8O2. The summed E-state index contributed by atoms with van der Waals surface area (Å²) in [6, 6.07) is 7.71. The van der Waals surface area contributed by atoms with Crippen LogP contribution in [0.4, 0.5) is 30.6 Å². The zero-order valence-electron chi connectivity index (χ0n) is 22.8. The summed E-state index contributed by atoms with van der Waals surface area (Å²) in [6.45, 7) is 5.86. The summed E-state index contributed by atoms with van der Waals surface area (Å²) in [4.78, 5) is 33.1. The van der Waals surface area contributed by atoms with Crippen LogP contribution in [0.25, 0.3) is 0 Å². The van der Waals surface area contributed by atoms with Gasteiger partial charge in [0.05, 0.1) is 18.2 Å². The fraction of sp³-hybridized carbons (Fsp3) is 0.444. The van der Waals surface area contributed by atoms with Crippen molar-refractivity contribution in [3.05, 3.63) is 59.0 Å². The van der Waals surface area contributed by atoms with Gasteiger partial charge in [0.25, 0.3) is 5.91 Å². The Kier molecular flexibility index (Phi) is 8.60. The Morgan fingerprint density at radius 3 is 2.50 bits per heavy atom. The van der Waals surface area contributed by atoms with Crippen molar-refractivity contribution >= 4 is 29.3 Å². The van der Waals surface area contributed by atoms with Gasteiger partial charge in [-0.2, -0.15) is 23.3 Å². The molecule has 2 amide bonds. The second-order valence-electron chi connectivity index (χ2n) is 10.2. The van der Waals surface area contributed by atoms with E-state index in [0.717, 1.165) is 17.6 Å². The molecule has 4 rings (SSSR count). The second kappa shape index (κ2) is 11.9. The Balaban J connectivity index is 1.45. The Hall–Kier alpha value is -4.16. The molecule has 1 aliphatic rings. The monoisotopic (exact) mass is 558 g/mol.